The molecule has 1 aromatic rings. The molecule has 2 N–H and O–H groups in total. The molecule has 0 bridgehead atoms. The normalized spacial score (nSPS) is 23.9. The predicted octanol–water partition coefficient (Wildman–Crippen LogP) is 2.16. The minimum absolute atomic E-state index is 0.360. The number of rotatable bonds is 3. The molecule has 0 spiro atoms. The molecule has 2 atom stereocenters. The third-order valence-electron chi connectivity index (χ3n) is 3.59. The molecule has 1 amide bonds. The van der Waals surface area contributed by atoms with E-state index < -0.39 is 6.09 Å². The molecule has 4 nitrogen and oxygen atoms in total. The van der Waals surface area contributed by atoms with Gasteiger partial charge in [0.1, 0.15) is 0 Å². The number of carbonyl (C=O) groups is 1. The zero-order valence-corrected chi connectivity index (χ0v) is 10.7. The minimum atomic E-state index is -0.802. The molecule has 1 aliphatic rings. The number of carboxylic acid groups (broad SMARTS) is 1. The average Bonchev–Trinajstić information content (AvgIpc) is 2.38. The maximum absolute atomic E-state index is 10.9. The lowest BCUT2D eigenvalue weighted by Gasteiger charge is -2.36. The molecular formula is C14H20N2O2. The van der Waals surface area contributed by atoms with Crippen LogP contribution in [0.3, 0.4) is 0 Å². The summed E-state index contributed by atoms with van der Waals surface area (Å²) in [5.41, 5.74) is 1.27. The first-order chi connectivity index (χ1) is 8.66. The van der Waals surface area contributed by atoms with Crippen molar-refractivity contribution in [1.82, 2.24) is 10.2 Å². The first-order valence-electron chi connectivity index (χ1n) is 6.42. The molecule has 1 aliphatic heterocycles. The van der Waals surface area contributed by atoms with Crippen LogP contribution < -0.4 is 5.32 Å². The molecule has 1 aromatic carbocycles. The topological polar surface area (TPSA) is 52.6 Å². The van der Waals surface area contributed by atoms with Crippen LogP contribution in [0.5, 0.6) is 0 Å². The summed E-state index contributed by atoms with van der Waals surface area (Å²) in [4.78, 5) is 12.4. The predicted molar refractivity (Wildman–Crippen MR) is 70.4 cm³/mol. The molecule has 1 fully saturated rings. The highest BCUT2D eigenvalue weighted by atomic mass is 16.4. The van der Waals surface area contributed by atoms with E-state index in [4.69, 9.17) is 5.11 Å². The Kier molecular flexibility index (Phi) is 4.20. The van der Waals surface area contributed by atoms with Crippen LogP contribution in [-0.4, -0.2) is 35.2 Å². The van der Waals surface area contributed by atoms with Crippen LogP contribution in [0.25, 0.3) is 0 Å². The van der Waals surface area contributed by atoms with E-state index in [1.807, 2.05) is 18.2 Å². The van der Waals surface area contributed by atoms with E-state index in [0.717, 1.165) is 13.0 Å². The van der Waals surface area contributed by atoms with Gasteiger partial charge < -0.3 is 15.3 Å². The Bertz CT molecular complexity index is 394. The van der Waals surface area contributed by atoms with Crippen LogP contribution in [0.4, 0.5) is 4.79 Å². The summed E-state index contributed by atoms with van der Waals surface area (Å²) in [5.74, 6) is 0.360. The monoisotopic (exact) mass is 248 g/mol. The highest BCUT2D eigenvalue weighted by Gasteiger charge is 2.27. The van der Waals surface area contributed by atoms with Crippen molar-refractivity contribution in [2.75, 3.05) is 13.1 Å². The fourth-order valence-corrected chi connectivity index (χ4v) is 2.47. The largest absolute Gasteiger partial charge is 0.465 e. The van der Waals surface area contributed by atoms with Crippen molar-refractivity contribution in [3.63, 3.8) is 0 Å². The summed E-state index contributed by atoms with van der Waals surface area (Å²) in [6, 6.07) is 10.7. The van der Waals surface area contributed by atoms with Gasteiger partial charge in [-0.1, -0.05) is 37.3 Å². The number of hydrogen-bond donors (Lipinski definition) is 2. The Hall–Kier alpha value is -1.55. The van der Waals surface area contributed by atoms with Gasteiger partial charge in [0.2, 0.25) is 0 Å². The summed E-state index contributed by atoms with van der Waals surface area (Å²) in [7, 11) is 0. The fourth-order valence-electron chi connectivity index (χ4n) is 2.47. The smallest absolute Gasteiger partial charge is 0.407 e. The molecule has 1 saturated heterocycles. The highest BCUT2D eigenvalue weighted by Crippen LogP contribution is 2.17. The van der Waals surface area contributed by atoms with Crippen LogP contribution in [0.15, 0.2) is 30.3 Å². The van der Waals surface area contributed by atoms with E-state index in [1.165, 1.54) is 10.5 Å². The quantitative estimate of drug-likeness (QED) is 0.862. The first-order valence-corrected chi connectivity index (χ1v) is 6.42. The van der Waals surface area contributed by atoms with Gasteiger partial charge in [0.25, 0.3) is 0 Å². The molecular weight excluding hydrogens is 228 g/mol. The standard InChI is InChI=1S/C14H20N2O2/c1-11-10-16(14(17)18)8-7-13(11)15-9-12-5-3-2-4-6-12/h2-6,11,13,15H,7-10H2,1H3,(H,17,18)/t11-,13+/m0/s1. The maximum atomic E-state index is 10.9. The van der Waals surface area contributed by atoms with Crippen LogP contribution in [0.1, 0.15) is 18.9 Å². The third kappa shape index (κ3) is 3.23. The Labute approximate surface area is 108 Å². The lowest BCUT2D eigenvalue weighted by molar-refractivity contribution is 0.110. The number of hydrogen-bond acceptors (Lipinski definition) is 2. The van der Waals surface area contributed by atoms with Crippen molar-refractivity contribution in [1.29, 1.82) is 0 Å². The molecule has 2 rings (SSSR count). The Morgan fingerprint density at radius 2 is 2.17 bits per heavy atom. The van der Waals surface area contributed by atoms with Gasteiger partial charge in [-0.15, -0.1) is 0 Å². The van der Waals surface area contributed by atoms with Gasteiger partial charge in [-0.2, -0.15) is 0 Å². The van der Waals surface area contributed by atoms with Crippen LogP contribution in [0.2, 0.25) is 0 Å². The van der Waals surface area contributed by atoms with E-state index in [9.17, 15) is 4.79 Å². The fraction of sp³-hybridized carbons (Fsp3) is 0.500. The Morgan fingerprint density at radius 1 is 1.44 bits per heavy atom. The van der Waals surface area contributed by atoms with E-state index in [1.54, 1.807) is 0 Å². The zero-order valence-electron chi connectivity index (χ0n) is 10.7. The van der Waals surface area contributed by atoms with Gasteiger partial charge >= 0.3 is 6.09 Å². The number of amides is 1. The summed E-state index contributed by atoms with van der Waals surface area (Å²) in [6.07, 6.45) is 0.0867. The van der Waals surface area contributed by atoms with Gasteiger partial charge in [0.05, 0.1) is 0 Å². The van der Waals surface area contributed by atoms with Crippen molar-refractivity contribution in [3.8, 4) is 0 Å². The minimum Gasteiger partial charge on any atom is -0.465 e. The van der Waals surface area contributed by atoms with Gasteiger partial charge in [-0.3, -0.25) is 0 Å². The highest BCUT2D eigenvalue weighted by molar-refractivity contribution is 5.65. The third-order valence-corrected chi connectivity index (χ3v) is 3.59. The van der Waals surface area contributed by atoms with E-state index in [-0.39, 0.29) is 0 Å². The second kappa shape index (κ2) is 5.87. The SMILES string of the molecule is C[C@H]1CN(C(=O)O)CC[C@H]1NCc1ccccc1. The number of benzene rings is 1. The molecule has 0 saturated carbocycles. The average molecular weight is 248 g/mol. The van der Waals surface area contributed by atoms with Crippen molar-refractivity contribution in [2.24, 2.45) is 5.92 Å². The van der Waals surface area contributed by atoms with Gasteiger partial charge in [-0.25, -0.2) is 4.79 Å². The molecule has 4 heteroatoms. The van der Waals surface area contributed by atoms with E-state index >= 15 is 0 Å². The van der Waals surface area contributed by atoms with Crippen molar-refractivity contribution < 1.29 is 9.90 Å². The van der Waals surface area contributed by atoms with Gasteiger partial charge in [0, 0.05) is 25.7 Å². The second-order valence-corrected chi connectivity index (χ2v) is 4.97. The van der Waals surface area contributed by atoms with Crippen molar-refractivity contribution in [2.45, 2.75) is 25.9 Å². The molecule has 0 radical (unpaired) electrons. The lowest BCUT2D eigenvalue weighted by Crippen LogP contribution is -2.49. The Morgan fingerprint density at radius 3 is 2.78 bits per heavy atom. The van der Waals surface area contributed by atoms with Crippen molar-refractivity contribution in [3.05, 3.63) is 35.9 Å². The van der Waals surface area contributed by atoms with Crippen LogP contribution in [0, 0.1) is 5.92 Å². The number of nitrogens with one attached hydrogen (secondary N) is 1. The van der Waals surface area contributed by atoms with E-state index in [2.05, 4.69) is 24.4 Å². The van der Waals surface area contributed by atoms with Crippen LogP contribution >= 0.6 is 0 Å². The molecule has 0 aliphatic carbocycles. The maximum Gasteiger partial charge on any atom is 0.407 e. The molecule has 0 aromatic heterocycles. The number of likely N-dealkylation sites (tertiary alicyclic amines) is 1. The van der Waals surface area contributed by atoms with Gasteiger partial charge in [0.15, 0.2) is 0 Å². The van der Waals surface area contributed by atoms with Gasteiger partial charge in [-0.05, 0) is 17.9 Å². The number of piperidine rings is 1. The lowest BCUT2D eigenvalue weighted by atomic mass is 9.94. The van der Waals surface area contributed by atoms with Crippen LogP contribution in [-0.2, 0) is 6.54 Å². The second-order valence-electron chi connectivity index (χ2n) is 4.97. The van der Waals surface area contributed by atoms with Crippen molar-refractivity contribution >= 4 is 6.09 Å². The summed E-state index contributed by atoms with van der Waals surface area (Å²) >= 11 is 0. The van der Waals surface area contributed by atoms with E-state index in [0.29, 0.717) is 25.0 Å². The zero-order chi connectivity index (χ0) is 13.0. The summed E-state index contributed by atoms with van der Waals surface area (Å²) in [6.45, 7) is 4.22. The summed E-state index contributed by atoms with van der Waals surface area (Å²) in [5, 5.41) is 12.5. The summed E-state index contributed by atoms with van der Waals surface area (Å²) < 4.78 is 0. The number of nitrogens with zero attached hydrogens (tertiary/aromatic N) is 1. The first kappa shape index (κ1) is 12.9. The molecule has 18 heavy (non-hydrogen) atoms. The Balaban J connectivity index is 1.83. The molecule has 0 unspecified atom stereocenters. The molecule has 1 heterocycles. The molecule has 98 valence electrons.